The normalized spacial score (nSPS) is 22.7. The van der Waals surface area contributed by atoms with Crippen LogP contribution >= 0.6 is 11.6 Å². The van der Waals surface area contributed by atoms with Crippen LogP contribution in [0.1, 0.15) is 18.4 Å². The van der Waals surface area contributed by atoms with Crippen LogP contribution < -0.4 is 5.32 Å². The van der Waals surface area contributed by atoms with Gasteiger partial charge in [-0.3, -0.25) is 14.6 Å². The molecule has 1 atom stereocenters. The minimum absolute atomic E-state index is 0.0842. The van der Waals surface area contributed by atoms with E-state index in [1.54, 1.807) is 0 Å². The third kappa shape index (κ3) is 5.68. The number of morpholine rings is 1. The van der Waals surface area contributed by atoms with Gasteiger partial charge in [-0.2, -0.15) is 0 Å². The smallest absolute Gasteiger partial charge is 0.224 e. The molecule has 2 fully saturated rings. The number of hydrogen-bond donors (Lipinski definition) is 1. The molecular formula is C19H28ClN3O2. The highest BCUT2D eigenvalue weighted by Crippen LogP contribution is 2.22. The Hall–Kier alpha value is -1.14. The first kappa shape index (κ1) is 18.6. The number of ether oxygens (including phenoxy) is 1. The summed E-state index contributed by atoms with van der Waals surface area (Å²) in [6.45, 7) is 7.82. The molecule has 2 aliphatic rings. The second-order valence-corrected chi connectivity index (χ2v) is 7.32. The van der Waals surface area contributed by atoms with E-state index in [1.807, 2.05) is 18.2 Å². The number of amides is 1. The number of halogens is 1. The molecule has 1 aromatic rings. The van der Waals surface area contributed by atoms with Crippen molar-refractivity contribution in [3.63, 3.8) is 0 Å². The van der Waals surface area contributed by atoms with Gasteiger partial charge < -0.3 is 10.1 Å². The van der Waals surface area contributed by atoms with Gasteiger partial charge in [0.05, 0.1) is 19.1 Å². The number of benzene rings is 1. The number of rotatable bonds is 6. The summed E-state index contributed by atoms with van der Waals surface area (Å²) in [4.78, 5) is 17.2. The Kier molecular flexibility index (Phi) is 7.11. The average molecular weight is 366 g/mol. The quantitative estimate of drug-likeness (QED) is 0.837. The molecule has 1 N–H and O–H groups in total. The second-order valence-electron chi connectivity index (χ2n) is 6.91. The fraction of sp³-hybridized carbons (Fsp3) is 0.632. The Morgan fingerprint density at radius 1 is 1.20 bits per heavy atom. The summed E-state index contributed by atoms with van der Waals surface area (Å²) >= 11 is 6.27. The minimum atomic E-state index is 0.0842. The van der Waals surface area contributed by atoms with Crippen LogP contribution in [0.15, 0.2) is 24.3 Å². The maximum atomic E-state index is 12.5. The fourth-order valence-corrected chi connectivity index (χ4v) is 3.78. The molecule has 0 radical (unpaired) electrons. The standard InChI is InChI=1S/C19H28ClN3O2/c20-18-6-2-1-4-16(18)14-23-8-3-5-17(15-23)19(24)21-7-9-22-10-12-25-13-11-22/h1-2,4,6,17H,3,5,7-15H2,(H,21,24). The SMILES string of the molecule is O=C(NCCN1CCOCC1)C1CCCN(Cc2ccccc2Cl)C1. The molecule has 0 bridgehead atoms. The average Bonchev–Trinajstić information content (AvgIpc) is 2.65. The van der Waals surface area contributed by atoms with Crippen molar-refractivity contribution < 1.29 is 9.53 Å². The van der Waals surface area contributed by atoms with Crippen molar-refractivity contribution in [3.05, 3.63) is 34.9 Å². The minimum Gasteiger partial charge on any atom is -0.379 e. The molecule has 2 heterocycles. The third-order valence-electron chi connectivity index (χ3n) is 5.06. The summed E-state index contributed by atoms with van der Waals surface area (Å²) in [5.74, 6) is 0.276. The number of hydrogen-bond acceptors (Lipinski definition) is 4. The van der Waals surface area contributed by atoms with Crippen LogP contribution in [0.5, 0.6) is 0 Å². The lowest BCUT2D eigenvalue weighted by Gasteiger charge is -2.32. The number of nitrogens with one attached hydrogen (secondary N) is 1. The third-order valence-corrected chi connectivity index (χ3v) is 5.43. The molecule has 1 unspecified atom stereocenters. The van der Waals surface area contributed by atoms with E-state index in [-0.39, 0.29) is 11.8 Å². The molecule has 138 valence electrons. The number of carbonyl (C=O) groups is 1. The topological polar surface area (TPSA) is 44.8 Å². The molecule has 0 spiro atoms. The molecule has 1 aromatic carbocycles. The highest BCUT2D eigenvalue weighted by atomic mass is 35.5. The van der Waals surface area contributed by atoms with E-state index in [1.165, 1.54) is 0 Å². The summed E-state index contributed by atoms with van der Waals surface area (Å²) in [6, 6.07) is 7.96. The maximum Gasteiger partial charge on any atom is 0.224 e. The largest absolute Gasteiger partial charge is 0.379 e. The summed E-state index contributed by atoms with van der Waals surface area (Å²) < 4.78 is 5.35. The second kappa shape index (κ2) is 9.53. The predicted octanol–water partition coefficient (Wildman–Crippen LogP) is 2.00. The van der Waals surface area contributed by atoms with Crippen molar-refractivity contribution in [1.82, 2.24) is 15.1 Å². The van der Waals surface area contributed by atoms with Gasteiger partial charge in [0.25, 0.3) is 0 Å². The molecule has 1 amide bonds. The highest BCUT2D eigenvalue weighted by molar-refractivity contribution is 6.31. The lowest BCUT2D eigenvalue weighted by Crippen LogP contribution is -2.45. The first-order valence-corrected chi connectivity index (χ1v) is 9.64. The monoisotopic (exact) mass is 365 g/mol. The van der Waals surface area contributed by atoms with Gasteiger partial charge in [-0.25, -0.2) is 0 Å². The van der Waals surface area contributed by atoms with E-state index in [4.69, 9.17) is 16.3 Å². The molecule has 2 aliphatic heterocycles. The molecule has 5 nitrogen and oxygen atoms in total. The number of piperidine rings is 1. The van der Waals surface area contributed by atoms with Crippen molar-refractivity contribution in [1.29, 1.82) is 0 Å². The van der Waals surface area contributed by atoms with Crippen molar-refractivity contribution in [2.75, 3.05) is 52.5 Å². The van der Waals surface area contributed by atoms with E-state index in [0.717, 1.165) is 82.5 Å². The van der Waals surface area contributed by atoms with Gasteiger partial charge in [0.2, 0.25) is 5.91 Å². The zero-order chi connectivity index (χ0) is 17.5. The number of carbonyl (C=O) groups excluding carboxylic acids is 1. The molecular weight excluding hydrogens is 338 g/mol. The van der Waals surface area contributed by atoms with Gasteiger partial charge in [-0.15, -0.1) is 0 Å². The van der Waals surface area contributed by atoms with Crippen LogP contribution in [0.4, 0.5) is 0 Å². The molecule has 0 aromatic heterocycles. The Labute approximate surface area is 155 Å². The van der Waals surface area contributed by atoms with E-state index in [9.17, 15) is 4.79 Å². The van der Waals surface area contributed by atoms with Crippen molar-refractivity contribution in [2.24, 2.45) is 5.92 Å². The first-order valence-electron chi connectivity index (χ1n) is 9.26. The van der Waals surface area contributed by atoms with Crippen LogP contribution in [0, 0.1) is 5.92 Å². The predicted molar refractivity (Wildman–Crippen MR) is 99.7 cm³/mol. The molecule has 2 saturated heterocycles. The van der Waals surface area contributed by atoms with Gasteiger partial charge >= 0.3 is 0 Å². The zero-order valence-corrected chi connectivity index (χ0v) is 15.5. The summed E-state index contributed by atoms with van der Waals surface area (Å²) in [7, 11) is 0. The summed E-state index contributed by atoms with van der Waals surface area (Å²) in [5, 5.41) is 3.93. The van der Waals surface area contributed by atoms with E-state index in [2.05, 4.69) is 21.2 Å². The Bertz CT molecular complexity index is 563. The zero-order valence-electron chi connectivity index (χ0n) is 14.8. The molecule has 3 rings (SSSR count). The molecule has 0 saturated carbocycles. The Morgan fingerprint density at radius 2 is 2.00 bits per heavy atom. The summed E-state index contributed by atoms with van der Waals surface area (Å²) in [6.07, 6.45) is 2.04. The first-order chi connectivity index (χ1) is 12.2. The van der Waals surface area contributed by atoms with E-state index < -0.39 is 0 Å². The van der Waals surface area contributed by atoms with Gasteiger partial charge in [0.15, 0.2) is 0 Å². The van der Waals surface area contributed by atoms with Gasteiger partial charge in [0.1, 0.15) is 0 Å². The van der Waals surface area contributed by atoms with Crippen molar-refractivity contribution >= 4 is 17.5 Å². The van der Waals surface area contributed by atoms with E-state index in [0.29, 0.717) is 0 Å². The van der Waals surface area contributed by atoms with Crippen LogP contribution in [0.2, 0.25) is 5.02 Å². The van der Waals surface area contributed by atoms with E-state index >= 15 is 0 Å². The van der Waals surface area contributed by atoms with Gasteiger partial charge in [-0.05, 0) is 31.0 Å². The summed E-state index contributed by atoms with van der Waals surface area (Å²) in [5.41, 5.74) is 1.14. The van der Waals surface area contributed by atoms with Crippen LogP contribution in [0.25, 0.3) is 0 Å². The molecule has 25 heavy (non-hydrogen) atoms. The molecule has 0 aliphatic carbocycles. The number of nitrogens with zero attached hydrogens (tertiary/aromatic N) is 2. The van der Waals surface area contributed by atoms with Crippen molar-refractivity contribution in [2.45, 2.75) is 19.4 Å². The fourth-order valence-electron chi connectivity index (χ4n) is 3.59. The van der Waals surface area contributed by atoms with Crippen LogP contribution in [-0.2, 0) is 16.1 Å². The van der Waals surface area contributed by atoms with Gasteiger partial charge in [0, 0.05) is 44.3 Å². The Morgan fingerprint density at radius 3 is 2.80 bits per heavy atom. The van der Waals surface area contributed by atoms with Crippen LogP contribution in [-0.4, -0.2) is 68.2 Å². The lowest BCUT2D eigenvalue weighted by atomic mass is 9.96. The lowest BCUT2D eigenvalue weighted by molar-refractivity contribution is -0.126. The van der Waals surface area contributed by atoms with Gasteiger partial charge in [-0.1, -0.05) is 29.8 Å². The van der Waals surface area contributed by atoms with Crippen LogP contribution in [0.3, 0.4) is 0 Å². The molecule has 6 heteroatoms. The Balaban J connectivity index is 1.42. The highest BCUT2D eigenvalue weighted by Gasteiger charge is 2.26. The van der Waals surface area contributed by atoms with Crippen molar-refractivity contribution in [3.8, 4) is 0 Å². The number of likely N-dealkylation sites (tertiary alicyclic amines) is 1. The maximum absolute atomic E-state index is 12.5.